The number of aromatic nitrogens is 1. The third-order valence-electron chi connectivity index (χ3n) is 8.66. The maximum atomic E-state index is 2.36. The van der Waals surface area contributed by atoms with Crippen LogP contribution in [0.1, 0.15) is 5.56 Å². The van der Waals surface area contributed by atoms with Crippen molar-refractivity contribution in [1.29, 1.82) is 0 Å². The van der Waals surface area contributed by atoms with Crippen LogP contribution < -0.4 is 4.90 Å². The van der Waals surface area contributed by atoms with Crippen molar-refractivity contribution in [3.05, 3.63) is 181 Å². The van der Waals surface area contributed by atoms with E-state index in [9.17, 15) is 0 Å². The molecule has 8 rings (SSSR count). The maximum Gasteiger partial charge on any atom is 0.0541 e. The van der Waals surface area contributed by atoms with Gasteiger partial charge in [0.1, 0.15) is 0 Å². The first-order chi connectivity index (χ1) is 22.2. The van der Waals surface area contributed by atoms with Crippen LogP contribution in [-0.4, -0.2) is 4.57 Å². The minimum atomic E-state index is 1.12. The monoisotopic (exact) mass is 576 g/mol. The number of hydrogen-bond donors (Lipinski definition) is 0. The molecule has 0 atom stereocenters. The maximum absolute atomic E-state index is 2.36. The molecule has 0 aliphatic heterocycles. The molecule has 7 aromatic carbocycles. The normalized spacial score (nSPS) is 11.2. The van der Waals surface area contributed by atoms with E-state index in [1.165, 1.54) is 49.6 Å². The lowest BCUT2D eigenvalue weighted by Crippen LogP contribution is -2.10. The van der Waals surface area contributed by atoms with E-state index in [4.69, 9.17) is 0 Å². The number of rotatable bonds is 6. The highest BCUT2D eigenvalue weighted by Gasteiger charge is 2.14. The molecule has 45 heavy (non-hydrogen) atoms. The predicted molar refractivity (Wildman–Crippen MR) is 191 cm³/mol. The molecule has 0 spiro atoms. The molecule has 0 bridgehead atoms. The van der Waals surface area contributed by atoms with E-state index in [0.29, 0.717) is 0 Å². The number of nitrogens with zero attached hydrogens (tertiary/aromatic N) is 2. The van der Waals surface area contributed by atoms with Crippen molar-refractivity contribution in [3.8, 4) is 27.9 Å². The summed E-state index contributed by atoms with van der Waals surface area (Å²) in [6, 6.07) is 63.2. The molecule has 0 saturated carbocycles. The van der Waals surface area contributed by atoms with Gasteiger partial charge in [-0.1, -0.05) is 115 Å². The van der Waals surface area contributed by atoms with Crippen LogP contribution in [0.2, 0.25) is 0 Å². The second-order valence-electron chi connectivity index (χ2n) is 11.6. The lowest BCUT2D eigenvalue weighted by Gasteiger charge is -2.26. The van der Waals surface area contributed by atoms with Gasteiger partial charge in [-0.15, -0.1) is 0 Å². The molecular formula is C43H32N2. The van der Waals surface area contributed by atoms with Crippen molar-refractivity contribution in [3.63, 3.8) is 0 Å². The molecule has 0 saturated heterocycles. The Hall–Kier alpha value is -5.86. The van der Waals surface area contributed by atoms with E-state index >= 15 is 0 Å². The third kappa shape index (κ3) is 4.97. The van der Waals surface area contributed by atoms with E-state index in [0.717, 1.165) is 22.7 Å². The minimum absolute atomic E-state index is 1.12. The van der Waals surface area contributed by atoms with Crippen molar-refractivity contribution in [1.82, 2.24) is 4.57 Å². The van der Waals surface area contributed by atoms with Crippen LogP contribution >= 0.6 is 0 Å². The molecule has 0 N–H and O–H groups in total. The van der Waals surface area contributed by atoms with Gasteiger partial charge in [0.05, 0.1) is 11.0 Å². The van der Waals surface area contributed by atoms with Crippen molar-refractivity contribution in [2.75, 3.05) is 4.90 Å². The number of fused-ring (bicyclic) bond motifs is 3. The Bertz CT molecular complexity index is 2190. The molecule has 214 valence electrons. The lowest BCUT2D eigenvalue weighted by molar-refractivity contribution is 1.18. The highest BCUT2D eigenvalue weighted by molar-refractivity contribution is 6.09. The molecule has 0 aliphatic carbocycles. The fourth-order valence-corrected chi connectivity index (χ4v) is 6.45. The average molecular weight is 577 g/mol. The second-order valence-corrected chi connectivity index (χ2v) is 11.6. The summed E-state index contributed by atoms with van der Waals surface area (Å²) in [7, 11) is 0. The molecule has 1 aromatic heterocycles. The Balaban J connectivity index is 1.13. The van der Waals surface area contributed by atoms with Gasteiger partial charge in [0.15, 0.2) is 0 Å². The molecule has 0 amide bonds. The summed E-state index contributed by atoms with van der Waals surface area (Å²) in [4.78, 5) is 2.33. The summed E-state index contributed by atoms with van der Waals surface area (Å²) in [5.41, 5.74) is 13.1. The summed E-state index contributed by atoms with van der Waals surface area (Å²) >= 11 is 0. The molecule has 1 heterocycles. The number of hydrogen-bond acceptors (Lipinski definition) is 1. The Morgan fingerprint density at radius 3 is 1.38 bits per heavy atom. The SMILES string of the molecule is Cc1cccc(N(c2ccc(-c3ccccc3)cc2)c2ccc(-c3ccc(-n4c5ccccc5c5ccccc54)cc3)cc2)c1. The van der Waals surface area contributed by atoms with Crippen LogP contribution in [0.3, 0.4) is 0 Å². The zero-order valence-electron chi connectivity index (χ0n) is 25.1. The Morgan fingerprint density at radius 2 is 0.844 bits per heavy atom. The van der Waals surface area contributed by atoms with E-state index in [2.05, 4.69) is 192 Å². The number of anilines is 3. The van der Waals surface area contributed by atoms with Gasteiger partial charge in [-0.3, -0.25) is 0 Å². The molecule has 0 aliphatic rings. The van der Waals surface area contributed by atoms with Gasteiger partial charge < -0.3 is 9.47 Å². The quantitative estimate of drug-likeness (QED) is 0.191. The fourth-order valence-electron chi connectivity index (χ4n) is 6.45. The van der Waals surface area contributed by atoms with Gasteiger partial charge in [-0.25, -0.2) is 0 Å². The van der Waals surface area contributed by atoms with Crippen LogP contribution in [0.25, 0.3) is 49.7 Å². The largest absolute Gasteiger partial charge is 0.310 e. The fraction of sp³-hybridized carbons (Fsp3) is 0.0233. The smallest absolute Gasteiger partial charge is 0.0541 e. The highest BCUT2D eigenvalue weighted by Crippen LogP contribution is 2.37. The predicted octanol–water partition coefficient (Wildman–Crippen LogP) is 11.9. The van der Waals surface area contributed by atoms with Crippen molar-refractivity contribution < 1.29 is 0 Å². The van der Waals surface area contributed by atoms with Crippen LogP contribution in [0, 0.1) is 6.92 Å². The van der Waals surface area contributed by atoms with Gasteiger partial charge >= 0.3 is 0 Å². The number of aryl methyl sites for hydroxylation is 1. The molecule has 0 radical (unpaired) electrons. The van der Waals surface area contributed by atoms with Crippen LogP contribution in [0.4, 0.5) is 17.1 Å². The van der Waals surface area contributed by atoms with Crippen molar-refractivity contribution in [2.24, 2.45) is 0 Å². The van der Waals surface area contributed by atoms with Gasteiger partial charge in [-0.2, -0.15) is 0 Å². The van der Waals surface area contributed by atoms with Crippen LogP contribution in [-0.2, 0) is 0 Å². The number of benzene rings is 7. The first kappa shape index (κ1) is 26.7. The first-order valence-electron chi connectivity index (χ1n) is 15.4. The van der Waals surface area contributed by atoms with Crippen LogP contribution in [0.15, 0.2) is 176 Å². The zero-order chi connectivity index (χ0) is 30.2. The first-order valence-corrected chi connectivity index (χ1v) is 15.4. The average Bonchev–Trinajstić information content (AvgIpc) is 3.44. The molecule has 2 heteroatoms. The van der Waals surface area contributed by atoms with Gasteiger partial charge in [0.25, 0.3) is 0 Å². The van der Waals surface area contributed by atoms with Crippen molar-refractivity contribution in [2.45, 2.75) is 6.92 Å². The summed E-state index contributed by atoms with van der Waals surface area (Å²) in [6.07, 6.45) is 0. The number of para-hydroxylation sites is 2. The summed E-state index contributed by atoms with van der Waals surface area (Å²) in [5.74, 6) is 0. The summed E-state index contributed by atoms with van der Waals surface area (Å²) in [6.45, 7) is 2.15. The standard InChI is InChI=1S/C43H32N2/c1-31-10-9-13-39(30-31)44(36-24-18-33(19-25-36)32-11-3-2-4-12-32)37-26-20-34(21-27-37)35-22-28-38(29-23-35)45-42-16-7-5-14-40(42)41-15-6-8-17-43(41)45/h2-30H,1H3. The lowest BCUT2D eigenvalue weighted by atomic mass is 10.0. The Morgan fingerprint density at radius 1 is 0.378 bits per heavy atom. The van der Waals surface area contributed by atoms with E-state index in [1.807, 2.05) is 0 Å². The van der Waals surface area contributed by atoms with Gasteiger partial charge in [-0.05, 0) is 95.4 Å². The molecule has 2 nitrogen and oxygen atoms in total. The summed E-state index contributed by atoms with van der Waals surface area (Å²) < 4.78 is 2.36. The topological polar surface area (TPSA) is 8.17 Å². The molecule has 0 unspecified atom stereocenters. The molecular weight excluding hydrogens is 544 g/mol. The minimum Gasteiger partial charge on any atom is -0.310 e. The molecule has 0 fully saturated rings. The Labute approximate surface area is 264 Å². The second kappa shape index (κ2) is 11.3. The summed E-state index contributed by atoms with van der Waals surface area (Å²) in [5, 5.41) is 2.56. The van der Waals surface area contributed by atoms with E-state index < -0.39 is 0 Å². The van der Waals surface area contributed by atoms with Crippen molar-refractivity contribution >= 4 is 38.9 Å². The van der Waals surface area contributed by atoms with E-state index in [-0.39, 0.29) is 0 Å². The third-order valence-corrected chi connectivity index (χ3v) is 8.66. The van der Waals surface area contributed by atoms with E-state index in [1.54, 1.807) is 0 Å². The highest BCUT2D eigenvalue weighted by atomic mass is 15.1. The van der Waals surface area contributed by atoms with Gasteiger partial charge in [0, 0.05) is 33.5 Å². The molecule has 8 aromatic rings. The van der Waals surface area contributed by atoms with Gasteiger partial charge in [0.2, 0.25) is 0 Å². The zero-order valence-corrected chi connectivity index (χ0v) is 25.1. The Kier molecular flexibility index (Phi) is 6.73. The van der Waals surface area contributed by atoms with Crippen LogP contribution in [0.5, 0.6) is 0 Å².